The smallest absolute Gasteiger partial charge is 0.0161 e. The van der Waals surface area contributed by atoms with Gasteiger partial charge in [-0.25, -0.2) is 0 Å². The van der Waals surface area contributed by atoms with Crippen LogP contribution in [-0.4, -0.2) is 27.9 Å². The molecular formula is C39H34IrN5-5. The summed E-state index contributed by atoms with van der Waals surface area (Å²) >= 11 is 0. The number of hydrogen-bond acceptors (Lipinski definition) is 5. The van der Waals surface area contributed by atoms with Crippen molar-refractivity contribution in [2.45, 2.75) is 12.8 Å². The number of unbranched alkanes of at least 4 members (excludes halogenated alkanes) is 1. The van der Waals surface area contributed by atoms with E-state index in [9.17, 15) is 0 Å². The van der Waals surface area contributed by atoms with E-state index >= 15 is 0 Å². The molecule has 229 valence electrons. The largest absolute Gasteiger partial charge is 0.508 e. The summed E-state index contributed by atoms with van der Waals surface area (Å²) in [5, 5.41) is 0. The molecular weight excluding hydrogens is 731 g/mol. The second kappa shape index (κ2) is 16.4. The van der Waals surface area contributed by atoms with Crippen molar-refractivity contribution in [3.8, 4) is 22.4 Å². The van der Waals surface area contributed by atoms with E-state index in [0.717, 1.165) is 54.1 Å². The van der Waals surface area contributed by atoms with Crippen molar-refractivity contribution in [2.24, 2.45) is 0 Å². The van der Waals surface area contributed by atoms with Gasteiger partial charge in [-0.2, -0.15) is 74.0 Å². The molecule has 0 bridgehead atoms. The van der Waals surface area contributed by atoms with E-state index in [0.29, 0.717) is 0 Å². The maximum absolute atomic E-state index is 4.49. The molecule has 2 aliphatic heterocycles. The zero-order valence-corrected chi connectivity index (χ0v) is 27.3. The molecule has 0 aliphatic carbocycles. The number of hydrogen-bond donors (Lipinski definition) is 0. The molecule has 0 atom stereocenters. The number of benzene rings is 4. The molecule has 4 aromatic carbocycles. The molecule has 5 aromatic rings. The quantitative estimate of drug-likeness (QED) is 0.111. The Balaban J connectivity index is 0.000000185. The first-order valence-corrected chi connectivity index (χ1v) is 14.9. The Morgan fingerprint density at radius 3 is 1.64 bits per heavy atom. The van der Waals surface area contributed by atoms with Crippen LogP contribution >= 0.6 is 0 Å². The van der Waals surface area contributed by atoms with Crippen LogP contribution in [0.15, 0.2) is 146 Å². The number of para-hydroxylation sites is 2. The van der Waals surface area contributed by atoms with Crippen LogP contribution in [0.25, 0.3) is 22.4 Å². The van der Waals surface area contributed by atoms with Crippen molar-refractivity contribution < 1.29 is 20.1 Å². The van der Waals surface area contributed by atoms with Crippen molar-refractivity contribution in [3.63, 3.8) is 0 Å². The number of pyridine rings is 1. The molecule has 1 aromatic heterocycles. The summed E-state index contributed by atoms with van der Waals surface area (Å²) in [5.74, 6) is 0. The Bertz CT molecular complexity index is 1500. The predicted molar refractivity (Wildman–Crippen MR) is 179 cm³/mol. The summed E-state index contributed by atoms with van der Waals surface area (Å²) < 4.78 is 0. The molecule has 0 unspecified atom stereocenters. The first kappa shape index (κ1) is 31.8. The third-order valence-electron chi connectivity index (χ3n) is 7.26. The van der Waals surface area contributed by atoms with Gasteiger partial charge in [0.25, 0.3) is 0 Å². The van der Waals surface area contributed by atoms with E-state index < -0.39 is 0 Å². The third kappa shape index (κ3) is 8.72. The standard InChI is InChI=1S/C22H22N4.C17H12N.Ir/c1-3-9-21(10-4-1)25-17-15-23(19-25)13-7-8-14-24-16-18-26(20-24)22-11-5-2-6-12-22;1-3-8-14(9-4-1)16-12-7-13-18-17(16)15-10-5-2-6-11-15;/h1-6,9,11,15-20H,7-8,13-14H2;1-10,12-13H;/q-4;-1;. The number of rotatable bonds is 9. The van der Waals surface area contributed by atoms with E-state index in [-0.39, 0.29) is 20.1 Å². The van der Waals surface area contributed by atoms with Gasteiger partial charge in [0, 0.05) is 26.3 Å². The molecule has 0 N–H and O–H groups in total. The minimum absolute atomic E-state index is 0. The van der Waals surface area contributed by atoms with Crippen molar-refractivity contribution in [3.05, 3.63) is 178 Å². The maximum Gasteiger partial charge on any atom is 0.0161 e. The van der Waals surface area contributed by atoms with Gasteiger partial charge in [-0.1, -0.05) is 36.4 Å². The van der Waals surface area contributed by atoms with Gasteiger partial charge >= 0.3 is 0 Å². The van der Waals surface area contributed by atoms with Gasteiger partial charge in [-0.05, 0) is 73.6 Å². The summed E-state index contributed by atoms with van der Waals surface area (Å²) in [4.78, 5) is 13.2. The Kier molecular flexibility index (Phi) is 11.6. The van der Waals surface area contributed by atoms with E-state index in [4.69, 9.17) is 0 Å². The molecule has 0 amide bonds. The Hall–Kier alpha value is -4.64. The molecule has 0 saturated heterocycles. The van der Waals surface area contributed by atoms with Gasteiger partial charge < -0.3 is 24.6 Å². The van der Waals surface area contributed by atoms with Gasteiger partial charge in [-0.3, -0.25) is 0 Å². The Morgan fingerprint density at radius 2 is 1.11 bits per heavy atom. The van der Waals surface area contributed by atoms with Crippen LogP contribution in [0.5, 0.6) is 0 Å². The monoisotopic (exact) mass is 765 g/mol. The predicted octanol–water partition coefficient (Wildman–Crippen LogP) is 8.41. The van der Waals surface area contributed by atoms with Crippen LogP contribution in [0.2, 0.25) is 0 Å². The fourth-order valence-corrected chi connectivity index (χ4v) is 5.03. The normalized spacial score (nSPS) is 13.4. The van der Waals surface area contributed by atoms with Gasteiger partial charge in [0.05, 0.1) is 0 Å². The molecule has 0 saturated carbocycles. The zero-order valence-electron chi connectivity index (χ0n) is 24.9. The Morgan fingerprint density at radius 1 is 0.556 bits per heavy atom. The molecule has 7 rings (SSSR count). The minimum atomic E-state index is 0. The first-order valence-electron chi connectivity index (χ1n) is 14.9. The van der Waals surface area contributed by atoms with Gasteiger partial charge in [0.1, 0.15) is 0 Å². The second-order valence-corrected chi connectivity index (χ2v) is 10.4. The van der Waals surface area contributed by atoms with E-state index in [1.807, 2.05) is 91.1 Å². The molecule has 45 heavy (non-hydrogen) atoms. The third-order valence-corrected chi connectivity index (χ3v) is 7.26. The SMILES string of the molecule is [Ir].[c-]1ccccc1-c1ncccc1-c1ccccc1.[c-]1ccccc1N1C=CN(CCCCN2C=CN(c3[c-]cccc3)[CH-]2)[CH-]1. The number of aromatic nitrogens is 1. The number of anilines is 2. The van der Waals surface area contributed by atoms with Crippen molar-refractivity contribution in [1.29, 1.82) is 0 Å². The van der Waals surface area contributed by atoms with Crippen LogP contribution in [-0.2, 0) is 20.1 Å². The summed E-state index contributed by atoms with van der Waals surface area (Å²) in [7, 11) is 0. The van der Waals surface area contributed by atoms with Crippen molar-refractivity contribution in [2.75, 3.05) is 22.9 Å². The topological polar surface area (TPSA) is 25.9 Å². The summed E-state index contributed by atoms with van der Waals surface area (Å²) in [6.07, 6.45) is 12.5. The van der Waals surface area contributed by atoms with Gasteiger partial charge in [0.15, 0.2) is 0 Å². The van der Waals surface area contributed by atoms with Gasteiger partial charge in [-0.15, -0.1) is 47.3 Å². The fourth-order valence-electron chi connectivity index (χ4n) is 5.03. The average molecular weight is 765 g/mol. The molecule has 5 nitrogen and oxygen atoms in total. The molecule has 2 aliphatic rings. The Labute approximate surface area is 281 Å². The molecule has 6 heteroatoms. The van der Waals surface area contributed by atoms with Crippen molar-refractivity contribution >= 4 is 11.4 Å². The van der Waals surface area contributed by atoms with Gasteiger partial charge in [0.2, 0.25) is 0 Å². The fraction of sp³-hybridized carbons (Fsp3) is 0.103. The van der Waals surface area contributed by atoms with Crippen LogP contribution in [0.3, 0.4) is 0 Å². The number of nitrogens with zero attached hydrogens (tertiary/aromatic N) is 5. The molecule has 0 fully saturated rings. The average Bonchev–Trinajstić information content (AvgIpc) is 3.79. The maximum atomic E-state index is 4.49. The van der Waals surface area contributed by atoms with Crippen LogP contribution in [0, 0.1) is 31.5 Å². The second-order valence-electron chi connectivity index (χ2n) is 10.4. The van der Waals surface area contributed by atoms with E-state index in [1.54, 1.807) is 0 Å². The summed E-state index contributed by atoms with van der Waals surface area (Å²) in [5.41, 5.74) is 6.46. The molecule has 1 radical (unpaired) electrons. The van der Waals surface area contributed by atoms with Crippen LogP contribution in [0.4, 0.5) is 11.4 Å². The van der Waals surface area contributed by atoms with E-state index in [2.05, 4.69) is 111 Å². The van der Waals surface area contributed by atoms with Crippen molar-refractivity contribution in [1.82, 2.24) is 14.8 Å². The molecule has 0 spiro atoms. The van der Waals surface area contributed by atoms with Crippen LogP contribution in [0.1, 0.15) is 12.8 Å². The first-order chi connectivity index (χ1) is 21.8. The summed E-state index contributed by atoms with van der Waals surface area (Å²) in [6.45, 7) is 6.29. The van der Waals surface area contributed by atoms with Crippen LogP contribution < -0.4 is 9.80 Å². The summed E-state index contributed by atoms with van der Waals surface area (Å²) in [6, 6.07) is 48.1. The minimum Gasteiger partial charge on any atom is -0.508 e. The van der Waals surface area contributed by atoms with E-state index in [1.165, 1.54) is 5.56 Å². The zero-order chi connectivity index (χ0) is 29.8. The molecule has 3 heterocycles.